The van der Waals surface area contributed by atoms with Gasteiger partial charge in [0.05, 0.1) is 6.04 Å². The lowest BCUT2D eigenvalue weighted by molar-refractivity contribution is -0.113. The van der Waals surface area contributed by atoms with Gasteiger partial charge < -0.3 is 10.6 Å². The number of nitrogens with one attached hydrogen (secondary N) is 2. The minimum absolute atomic E-state index is 0.148. The Morgan fingerprint density at radius 3 is 2.94 bits per heavy atom. The van der Waals surface area contributed by atoms with Crippen molar-refractivity contribution in [1.82, 2.24) is 10.6 Å². The fraction of sp³-hybridized carbons (Fsp3) is 0.357. The molecule has 1 heterocycles. The molecule has 90 valence electrons. The van der Waals surface area contributed by atoms with Crippen molar-refractivity contribution in [3.63, 3.8) is 0 Å². The lowest BCUT2D eigenvalue weighted by Gasteiger charge is -2.18. The van der Waals surface area contributed by atoms with Crippen LogP contribution in [-0.2, 0) is 4.79 Å². The summed E-state index contributed by atoms with van der Waals surface area (Å²) in [6, 6.07) is 0.175. The van der Waals surface area contributed by atoms with Crippen LogP contribution in [0.4, 0.5) is 0 Å². The van der Waals surface area contributed by atoms with Gasteiger partial charge in [0.1, 0.15) is 0 Å². The maximum Gasteiger partial charge on any atom is 0.158 e. The molecular formula is C14H18N2O. The van der Waals surface area contributed by atoms with Crippen LogP contribution in [0.5, 0.6) is 0 Å². The lowest BCUT2D eigenvalue weighted by Crippen LogP contribution is -2.30. The summed E-state index contributed by atoms with van der Waals surface area (Å²) in [5.41, 5.74) is 3.16. The summed E-state index contributed by atoms with van der Waals surface area (Å²) in [5.74, 6) is 0.148. The first-order valence-electron chi connectivity index (χ1n) is 5.90. The molecule has 0 spiro atoms. The van der Waals surface area contributed by atoms with E-state index in [1.165, 1.54) is 5.57 Å². The quantitative estimate of drug-likeness (QED) is 0.771. The van der Waals surface area contributed by atoms with Crippen molar-refractivity contribution in [3.05, 3.63) is 47.2 Å². The highest BCUT2D eigenvalue weighted by Gasteiger charge is 2.19. The number of carbonyl (C=O) groups is 1. The van der Waals surface area contributed by atoms with Crippen molar-refractivity contribution >= 4 is 5.78 Å². The fourth-order valence-electron chi connectivity index (χ4n) is 2.05. The highest BCUT2D eigenvalue weighted by molar-refractivity contribution is 5.95. The third-order valence-electron chi connectivity index (χ3n) is 3.10. The maximum absolute atomic E-state index is 11.5. The molecule has 1 aliphatic heterocycles. The van der Waals surface area contributed by atoms with Gasteiger partial charge in [0, 0.05) is 24.4 Å². The van der Waals surface area contributed by atoms with E-state index in [1.54, 1.807) is 6.92 Å². The van der Waals surface area contributed by atoms with Gasteiger partial charge in [-0.2, -0.15) is 0 Å². The zero-order valence-electron chi connectivity index (χ0n) is 10.3. The van der Waals surface area contributed by atoms with Gasteiger partial charge in [0.15, 0.2) is 5.78 Å². The van der Waals surface area contributed by atoms with Crippen LogP contribution in [0.1, 0.15) is 13.8 Å². The number of rotatable bonds is 3. The number of hydrogen-bond acceptors (Lipinski definition) is 3. The topological polar surface area (TPSA) is 41.1 Å². The van der Waals surface area contributed by atoms with Crippen LogP contribution in [0.15, 0.2) is 47.2 Å². The van der Waals surface area contributed by atoms with Gasteiger partial charge in [-0.1, -0.05) is 30.4 Å². The summed E-state index contributed by atoms with van der Waals surface area (Å²) >= 11 is 0. The van der Waals surface area contributed by atoms with Crippen molar-refractivity contribution < 1.29 is 4.79 Å². The zero-order chi connectivity index (χ0) is 12.3. The second-order valence-electron chi connectivity index (χ2n) is 4.42. The number of carbonyl (C=O) groups excluding carboxylic acids is 1. The van der Waals surface area contributed by atoms with Crippen molar-refractivity contribution in [3.8, 4) is 0 Å². The predicted molar refractivity (Wildman–Crippen MR) is 69.5 cm³/mol. The molecule has 17 heavy (non-hydrogen) atoms. The van der Waals surface area contributed by atoms with E-state index in [2.05, 4.69) is 29.7 Å². The molecule has 1 unspecified atom stereocenters. The molecule has 2 rings (SSSR count). The Morgan fingerprint density at radius 2 is 2.18 bits per heavy atom. The molecule has 2 aliphatic rings. The Kier molecular flexibility index (Phi) is 3.59. The minimum atomic E-state index is 0.148. The van der Waals surface area contributed by atoms with E-state index in [9.17, 15) is 4.79 Å². The van der Waals surface area contributed by atoms with E-state index in [0.717, 1.165) is 17.8 Å². The molecule has 0 aromatic heterocycles. The number of Topliss-reactive ketones (excluding diaryl/α,β-unsaturated/α-hetero) is 1. The standard InChI is InChI=1S/C14H18N2O/c1-10-6-4-3-5-7-13(10)16-14-9-15-8-12(14)11(2)17/h3-7,13,15-16H,8-9H2,1-2H3. The summed E-state index contributed by atoms with van der Waals surface area (Å²) in [6.45, 7) is 5.14. The van der Waals surface area contributed by atoms with Crippen molar-refractivity contribution in [2.24, 2.45) is 0 Å². The van der Waals surface area contributed by atoms with Crippen LogP contribution in [-0.4, -0.2) is 24.9 Å². The van der Waals surface area contributed by atoms with Crippen LogP contribution in [0, 0.1) is 0 Å². The molecule has 1 aliphatic carbocycles. The molecule has 3 heteroatoms. The second kappa shape index (κ2) is 5.15. The van der Waals surface area contributed by atoms with Crippen molar-refractivity contribution in [2.45, 2.75) is 19.9 Å². The highest BCUT2D eigenvalue weighted by atomic mass is 16.1. The predicted octanol–water partition coefficient (Wildman–Crippen LogP) is 1.46. The summed E-state index contributed by atoms with van der Waals surface area (Å²) in [7, 11) is 0. The summed E-state index contributed by atoms with van der Waals surface area (Å²) in [5, 5.41) is 6.65. The third kappa shape index (κ3) is 2.74. The molecule has 3 nitrogen and oxygen atoms in total. The van der Waals surface area contributed by atoms with Gasteiger partial charge in [-0.3, -0.25) is 4.79 Å². The minimum Gasteiger partial charge on any atom is -0.377 e. The Hall–Kier alpha value is -1.61. The van der Waals surface area contributed by atoms with Gasteiger partial charge in [0.25, 0.3) is 0 Å². The Morgan fingerprint density at radius 1 is 1.35 bits per heavy atom. The van der Waals surface area contributed by atoms with E-state index >= 15 is 0 Å². The third-order valence-corrected chi connectivity index (χ3v) is 3.10. The molecule has 0 amide bonds. The number of allylic oxidation sites excluding steroid dienone is 4. The average molecular weight is 230 g/mol. The van der Waals surface area contributed by atoms with E-state index in [1.807, 2.05) is 18.2 Å². The number of ketones is 1. The average Bonchev–Trinajstić information content (AvgIpc) is 2.66. The van der Waals surface area contributed by atoms with E-state index in [4.69, 9.17) is 0 Å². The van der Waals surface area contributed by atoms with Gasteiger partial charge in [-0.25, -0.2) is 0 Å². The SMILES string of the molecule is CC(=O)C1=C(NC2C=CC=CC=C2C)CNC1. The van der Waals surface area contributed by atoms with Gasteiger partial charge in [-0.15, -0.1) is 0 Å². The monoisotopic (exact) mass is 230 g/mol. The molecule has 0 bridgehead atoms. The Labute approximate surface area is 102 Å². The molecule has 1 atom stereocenters. The first kappa shape index (κ1) is 11.9. The molecule has 0 aromatic rings. The van der Waals surface area contributed by atoms with Crippen LogP contribution in [0.25, 0.3) is 0 Å². The summed E-state index contributed by atoms with van der Waals surface area (Å²) < 4.78 is 0. The second-order valence-corrected chi connectivity index (χ2v) is 4.42. The molecule has 2 N–H and O–H groups in total. The van der Waals surface area contributed by atoms with Gasteiger partial charge in [-0.05, 0) is 19.4 Å². The van der Waals surface area contributed by atoms with Crippen LogP contribution >= 0.6 is 0 Å². The summed E-state index contributed by atoms with van der Waals surface area (Å²) in [6.07, 6.45) is 10.3. The fourth-order valence-corrected chi connectivity index (χ4v) is 2.05. The first-order valence-corrected chi connectivity index (χ1v) is 5.90. The highest BCUT2D eigenvalue weighted by Crippen LogP contribution is 2.13. The normalized spacial score (nSPS) is 23.6. The molecule has 0 radical (unpaired) electrons. The van der Waals surface area contributed by atoms with Crippen molar-refractivity contribution in [1.29, 1.82) is 0 Å². The molecular weight excluding hydrogens is 212 g/mol. The molecule has 0 saturated carbocycles. The van der Waals surface area contributed by atoms with Crippen LogP contribution < -0.4 is 10.6 Å². The van der Waals surface area contributed by atoms with Crippen LogP contribution in [0.2, 0.25) is 0 Å². The number of hydrogen-bond donors (Lipinski definition) is 2. The Bertz CT molecular complexity index is 441. The van der Waals surface area contributed by atoms with Gasteiger partial charge >= 0.3 is 0 Å². The van der Waals surface area contributed by atoms with E-state index < -0.39 is 0 Å². The Balaban J connectivity index is 2.16. The maximum atomic E-state index is 11.5. The van der Waals surface area contributed by atoms with E-state index in [0.29, 0.717) is 6.54 Å². The largest absolute Gasteiger partial charge is 0.377 e. The van der Waals surface area contributed by atoms with Crippen LogP contribution in [0.3, 0.4) is 0 Å². The van der Waals surface area contributed by atoms with Crippen molar-refractivity contribution in [2.75, 3.05) is 13.1 Å². The molecule has 0 aromatic carbocycles. The molecule has 0 saturated heterocycles. The lowest BCUT2D eigenvalue weighted by atomic mass is 10.1. The summed E-state index contributed by atoms with van der Waals surface area (Å²) in [4.78, 5) is 11.5. The van der Waals surface area contributed by atoms with E-state index in [-0.39, 0.29) is 11.8 Å². The van der Waals surface area contributed by atoms with Gasteiger partial charge in [0.2, 0.25) is 0 Å². The molecule has 0 fully saturated rings. The smallest absolute Gasteiger partial charge is 0.158 e. The zero-order valence-corrected chi connectivity index (χ0v) is 10.3. The first-order chi connectivity index (χ1) is 8.18.